The number of halogens is 4. The monoisotopic (exact) mass is 485 g/mol. The van der Waals surface area contributed by atoms with E-state index in [-0.39, 0.29) is 12.1 Å². The molecule has 178 valence electrons. The van der Waals surface area contributed by atoms with Gasteiger partial charge >= 0.3 is 18.2 Å². The van der Waals surface area contributed by atoms with Gasteiger partial charge in [0.15, 0.2) is 0 Å². The number of benzene rings is 2. The van der Waals surface area contributed by atoms with Crippen molar-refractivity contribution in [3.05, 3.63) is 69.7 Å². The third kappa shape index (κ3) is 7.08. The van der Waals surface area contributed by atoms with Crippen molar-refractivity contribution in [1.82, 2.24) is 15.5 Å². The molecule has 4 rings (SSSR count). The largest absolute Gasteiger partial charge is 0.490 e. The van der Waals surface area contributed by atoms with Gasteiger partial charge in [-0.05, 0) is 34.4 Å². The SMILES string of the molecule is O=C(NCc1ccc2c(c1)CNC2)N1CCO[C@H](c2ccc(Cl)cc2)C1.O=C(O)C(F)(F)F. The lowest BCUT2D eigenvalue weighted by Gasteiger charge is -2.33. The molecule has 1 atom stereocenters. The van der Waals surface area contributed by atoms with Gasteiger partial charge in [-0.2, -0.15) is 13.2 Å². The minimum absolute atomic E-state index is 0.0501. The van der Waals surface area contributed by atoms with E-state index in [1.54, 1.807) is 0 Å². The van der Waals surface area contributed by atoms with E-state index in [0.717, 1.165) is 24.2 Å². The number of carboxylic acid groups (broad SMARTS) is 1. The fourth-order valence-electron chi connectivity index (χ4n) is 3.46. The Bertz CT molecular complexity index is 986. The Labute approximate surface area is 193 Å². The molecular formula is C22H23ClF3N3O4. The van der Waals surface area contributed by atoms with Crippen molar-refractivity contribution in [1.29, 1.82) is 0 Å². The zero-order valence-electron chi connectivity index (χ0n) is 17.5. The van der Waals surface area contributed by atoms with Gasteiger partial charge in [-0.25, -0.2) is 9.59 Å². The van der Waals surface area contributed by atoms with Gasteiger partial charge in [0.2, 0.25) is 0 Å². The quantitative estimate of drug-likeness (QED) is 0.614. The molecule has 0 aromatic heterocycles. The van der Waals surface area contributed by atoms with E-state index in [1.807, 2.05) is 29.2 Å². The van der Waals surface area contributed by atoms with E-state index in [9.17, 15) is 18.0 Å². The number of amides is 2. The maximum Gasteiger partial charge on any atom is 0.490 e. The average Bonchev–Trinajstić information content (AvgIpc) is 3.26. The van der Waals surface area contributed by atoms with Crippen LogP contribution >= 0.6 is 11.6 Å². The van der Waals surface area contributed by atoms with Crippen LogP contribution in [0, 0.1) is 0 Å². The molecule has 0 saturated carbocycles. The first kappa shape index (κ1) is 24.8. The molecule has 0 unspecified atom stereocenters. The fourth-order valence-corrected chi connectivity index (χ4v) is 3.59. The summed E-state index contributed by atoms with van der Waals surface area (Å²) in [6.45, 7) is 4.05. The highest BCUT2D eigenvalue weighted by Gasteiger charge is 2.38. The van der Waals surface area contributed by atoms with Crippen LogP contribution in [0.2, 0.25) is 5.02 Å². The number of aliphatic carboxylic acids is 1. The van der Waals surface area contributed by atoms with Crippen molar-refractivity contribution in [3.63, 3.8) is 0 Å². The summed E-state index contributed by atoms with van der Waals surface area (Å²) < 4.78 is 37.6. The number of morpholine rings is 1. The van der Waals surface area contributed by atoms with Gasteiger partial charge in [-0.15, -0.1) is 0 Å². The summed E-state index contributed by atoms with van der Waals surface area (Å²) in [4.78, 5) is 23.3. The topological polar surface area (TPSA) is 90.9 Å². The van der Waals surface area contributed by atoms with Gasteiger partial charge in [0.1, 0.15) is 6.10 Å². The Balaban J connectivity index is 0.000000383. The molecule has 2 aliphatic heterocycles. The number of fused-ring (bicyclic) bond motifs is 1. The Morgan fingerprint density at radius 3 is 2.48 bits per heavy atom. The van der Waals surface area contributed by atoms with E-state index in [4.69, 9.17) is 26.2 Å². The van der Waals surface area contributed by atoms with Crippen molar-refractivity contribution in [2.24, 2.45) is 0 Å². The van der Waals surface area contributed by atoms with Crippen LogP contribution in [0.25, 0.3) is 0 Å². The molecule has 0 bridgehead atoms. The number of ether oxygens (including phenoxy) is 1. The van der Waals surface area contributed by atoms with Gasteiger partial charge < -0.3 is 25.4 Å². The molecule has 33 heavy (non-hydrogen) atoms. The number of carbonyl (C=O) groups excluding carboxylic acids is 1. The Kier molecular flexibility index (Phi) is 8.17. The zero-order valence-corrected chi connectivity index (χ0v) is 18.2. The predicted molar refractivity (Wildman–Crippen MR) is 115 cm³/mol. The van der Waals surface area contributed by atoms with Crippen LogP contribution < -0.4 is 10.6 Å². The fraction of sp³-hybridized carbons (Fsp3) is 0.364. The second-order valence-corrected chi connectivity index (χ2v) is 7.96. The lowest BCUT2D eigenvalue weighted by Crippen LogP contribution is -2.46. The smallest absolute Gasteiger partial charge is 0.475 e. The highest BCUT2D eigenvalue weighted by molar-refractivity contribution is 6.30. The molecule has 3 N–H and O–H groups in total. The first-order valence-corrected chi connectivity index (χ1v) is 10.5. The number of nitrogens with one attached hydrogen (secondary N) is 2. The van der Waals surface area contributed by atoms with Gasteiger partial charge in [0.05, 0.1) is 13.2 Å². The molecule has 2 aromatic rings. The van der Waals surface area contributed by atoms with E-state index < -0.39 is 12.1 Å². The summed E-state index contributed by atoms with van der Waals surface area (Å²) in [5.41, 5.74) is 4.84. The molecule has 0 aliphatic carbocycles. The molecule has 2 heterocycles. The van der Waals surface area contributed by atoms with E-state index >= 15 is 0 Å². The van der Waals surface area contributed by atoms with E-state index in [1.165, 1.54) is 11.1 Å². The molecule has 1 fully saturated rings. The summed E-state index contributed by atoms with van der Waals surface area (Å²) >= 11 is 5.95. The molecule has 0 spiro atoms. The van der Waals surface area contributed by atoms with Crippen LogP contribution in [-0.2, 0) is 29.2 Å². The van der Waals surface area contributed by atoms with Crippen LogP contribution in [0.15, 0.2) is 42.5 Å². The van der Waals surface area contributed by atoms with Crippen molar-refractivity contribution in [2.75, 3.05) is 19.7 Å². The zero-order chi connectivity index (χ0) is 24.0. The molecule has 11 heteroatoms. The Hall–Kier alpha value is -2.82. The molecule has 2 amide bonds. The summed E-state index contributed by atoms with van der Waals surface area (Å²) in [5, 5.41) is 14.2. The average molecular weight is 486 g/mol. The minimum atomic E-state index is -5.08. The molecule has 0 radical (unpaired) electrons. The highest BCUT2D eigenvalue weighted by Crippen LogP contribution is 2.24. The summed E-state index contributed by atoms with van der Waals surface area (Å²) in [5.74, 6) is -2.76. The highest BCUT2D eigenvalue weighted by atomic mass is 35.5. The molecule has 7 nitrogen and oxygen atoms in total. The molecule has 1 saturated heterocycles. The van der Waals surface area contributed by atoms with Crippen molar-refractivity contribution < 1.29 is 32.6 Å². The number of urea groups is 1. The molecular weight excluding hydrogens is 463 g/mol. The summed E-state index contributed by atoms with van der Waals surface area (Å²) in [6.07, 6.45) is -5.20. The normalized spacial score (nSPS) is 17.6. The van der Waals surface area contributed by atoms with Crippen LogP contribution in [0.1, 0.15) is 28.4 Å². The standard InChI is InChI=1S/C20H22ClN3O2.C2HF3O2/c21-18-5-3-15(4-6-18)19-13-24(7-8-26-19)20(25)23-10-14-1-2-16-11-22-12-17(16)9-14;3-2(4,5)1(6)7/h1-6,9,19,22H,7-8,10-13H2,(H,23,25);(H,6,7)/t19-;/m0./s1. The maximum atomic E-state index is 12.6. The summed E-state index contributed by atoms with van der Waals surface area (Å²) in [6, 6.07) is 13.9. The van der Waals surface area contributed by atoms with Gasteiger partial charge in [0, 0.05) is 31.2 Å². The number of alkyl halides is 3. The van der Waals surface area contributed by atoms with Crippen LogP contribution in [-0.4, -0.2) is 47.9 Å². The van der Waals surface area contributed by atoms with Gasteiger partial charge in [-0.3, -0.25) is 0 Å². The van der Waals surface area contributed by atoms with Gasteiger partial charge in [0.25, 0.3) is 0 Å². The Morgan fingerprint density at radius 2 is 1.82 bits per heavy atom. The first-order chi connectivity index (χ1) is 15.6. The lowest BCUT2D eigenvalue weighted by atomic mass is 10.1. The number of carbonyl (C=O) groups is 2. The number of hydrogen-bond donors (Lipinski definition) is 3. The number of nitrogens with zero attached hydrogens (tertiary/aromatic N) is 1. The van der Waals surface area contributed by atoms with Crippen LogP contribution in [0.4, 0.5) is 18.0 Å². The maximum absolute atomic E-state index is 12.6. The number of hydrogen-bond acceptors (Lipinski definition) is 4. The van der Waals surface area contributed by atoms with Crippen LogP contribution in [0.3, 0.4) is 0 Å². The second kappa shape index (κ2) is 10.9. The van der Waals surface area contributed by atoms with Crippen molar-refractivity contribution in [3.8, 4) is 0 Å². The predicted octanol–water partition coefficient (Wildman–Crippen LogP) is 3.86. The third-order valence-corrected chi connectivity index (χ3v) is 5.44. The second-order valence-electron chi connectivity index (χ2n) is 7.53. The molecule has 2 aromatic carbocycles. The minimum Gasteiger partial charge on any atom is -0.475 e. The molecule has 2 aliphatic rings. The van der Waals surface area contributed by atoms with Crippen LogP contribution in [0.5, 0.6) is 0 Å². The Morgan fingerprint density at radius 1 is 1.15 bits per heavy atom. The van der Waals surface area contributed by atoms with Crippen molar-refractivity contribution in [2.45, 2.75) is 31.9 Å². The van der Waals surface area contributed by atoms with E-state index in [0.29, 0.717) is 31.3 Å². The number of rotatable bonds is 3. The lowest BCUT2D eigenvalue weighted by molar-refractivity contribution is -0.192. The van der Waals surface area contributed by atoms with Crippen molar-refractivity contribution >= 4 is 23.6 Å². The third-order valence-electron chi connectivity index (χ3n) is 5.18. The van der Waals surface area contributed by atoms with E-state index in [2.05, 4.69) is 28.8 Å². The number of carboxylic acids is 1. The first-order valence-electron chi connectivity index (χ1n) is 10.1. The van der Waals surface area contributed by atoms with Gasteiger partial charge in [-0.1, -0.05) is 41.9 Å². The summed E-state index contributed by atoms with van der Waals surface area (Å²) in [7, 11) is 0.